The first kappa shape index (κ1) is 10.2. The summed E-state index contributed by atoms with van der Waals surface area (Å²) in [4.78, 5) is 25.3. The molecule has 2 amide bonds. The highest BCUT2D eigenvalue weighted by Crippen LogP contribution is 2.33. The first-order valence-corrected chi connectivity index (χ1v) is 5.39. The van der Waals surface area contributed by atoms with Crippen molar-refractivity contribution in [3.05, 3.63) is 12.7 Å². The zero-order valence-corrected chi connectivity index (χ0v) is 8.79. The van der Waals surface area contributed by atoms with Crippen molar-refractivity contribution in [2.45, 2.75) is 31.2 Å². The normalized spacial score (nSPS) is 24.4. The molecule has 15 heavy (non-hydrogen) atoms. The van der Waals surface area contributed by atoms with Crippen molar-refractivity contribution in [2.75, 3.05) is 13.1 Å². The summed E-state index contributed by atoms with van der Waals surface area (Å²) >= 11 is 0. The Kier molecular flexibility index (Phi) is 2.50. The quantitative estimate of drug-likeness (QED) is 0.670. The van der Waals surface area contributed by atoms with Gasteiger partial charge in [0.15, 0.2) is 0 Å². The first-order chi connectivity index (χ1) is 7.18. The summed E-state index contributed by atoms with van der Waals surface area (Å²) in [5.41, 5.74) is -0.585. The second-order valence-corrected chi connectivity index (χ2v) is 4.31. The van der Waals surface area contributed by atoms with Gasteiger partial charge < -0.3 is 10.2 Å². The van der Waals surface area contributed by atoms with E-state index in [9.17, 15) is 9.59 Å². The van der Waals surface area contributed by atoms with Crippen LogP contribution in [-0.4, -0.2) is 35.3 Å². The number of amides is 2. The van der Waals surface area contributed by atoms with Gasteiger partial charge in [-0.3, -0.25) is 9.59 Å². The van der Waals surface area contributed by atoms with E-state index in [2.05, 4.69) is 11.9 Å². The Morgan fingerprint density at radius 2 is 2.07 bits per heavy atom. The summed E-state index contributed by atoms with van der Waals surface area (Å²) in [5, 5.41) is 2.87. The van der Waals surface area contributed by atoms with Crippen molar-refractivity contribution < 1.29 is 9.59 Å². The average Bonchev–Trinajstić information content (AvgIpc) is 2.64. The van der Waals surface area contributed by atoms with Gasteiger partial charge in [0, 0.05) is 6.54 Å². The summed E-state index contributed by atoms with van der Waals surface area (Å²) in [6.07, 6.45) is 5.28. The van der Waals surface area contributed by atoms with E-state index in [1.807, 2.05) is 0 Å². The molecule has 0 unspecified atom stereocenters. The van der Waals surface area contributed by atoms with E-state index < -0.39 is 5.54 Å². The molecule has 2 fully saturated rings. The molecule has 1 N–H and O–H groups in total. The Labute approximate surface area is 89.3 Å². The van der Waals surface area contributed by atoms with Crippen molar-refractivity contribution in [3.8, 4) is 0 Å². The Morgan fingerprint density at radius 1 is 1.40 bits per heavy atom. The van der Waals surface area contributed by atoms with E-state index in [0.29, 0.717) is 6.54 Å². The Bertz CT molecular complexity index is 306. The summed E-state index contributed by atoms with van der Waals surface area (Å²) in [6, 6.07) is 0. The molecule has 1 spiro atoms. The number of hydrogen-bond donors (Lipinski definition) is 1. The fourth-order valence-electron chi connectivity index (χ4n) is 2.53. The topological polar surface area (TPSA) is 49.4 Å². The van der Waals surface area contributed by atoms with Gasteiger partial charge in [-0.2, -0.15) is 0 Å². The van der Waals surface area contributed by atoms with Crippen molar-refractivity contribution in [1.82, 2.24) is 10.2 Å². The minimum Gasteiger partial charge on any atom is -0.340 e. The van der Waals surface area contributed by atoms with Crippen LogP contribution in [0.3, 0.4) is 0 Å². The molecule has 1 saturated carbocycles. The monoisotopic (exact) mass is 208 g/mol. The number of carbonyl (C=O) groups excluding carboxylic acids is 2. The van der Waals surface area contributed by atoms with E-state index in [4.69, 9.17) is 0 Å². The Morgan fingerprint density at radius 3 is 2.67 bits per heavy atom. The fraction of sp³-hybridized carbons (Fsp3) is 0.636. The molecule has 82 valence electrons. The molecular weight excluding hydrogens is 192 g/mol. The highest BCUT2D eigenvalue weighted by Gasteiger charge is 2.47. The van der Waals surface area contributed by atoms with Crippen LogP contribution in [0.25, 0.3) is 0 Å². The number of nitrogens with one attached hydrogen (secondary N) is 1. The van der Waals surface area contributed by atoms with Crippen molar-refractivity contribution in [3.63, 3.8) is 0 Å². The van der Waals surface area contributed by atoms with Crippen LogP contribution in [0.5, 0.6) is 0 Å². The smallest absolute Gasteiger partial charge is 0.249 e. The zero-order valence-electron chi connectivity index (χ0n) is 8.79. The minimum absolute atomic E-state index is 0.0432. The lowest BCUT2D eigenvalue weighted by atomic mass is 9.93. The lowest BCUT2D eigenvalue weighted by Gasteiger charge is -2.39. The predicted octanol–water partition coefficient (Wildman–Crippen LogP) is 0.444. The van der Waals surface area contributed by atoms with Gasteiger partial charge in [-0.25, -0.2) is 0 Å². The molecular formula is C11H16N2O2. The summed E-state index contributed by atoms with van der Waals surface area (Å²) < 4.78 is 0. The van der Waals surface area contributed by atoms with Gasteiger partial charge in [0.05, 0.1) is 6.54 Å². The molecule has 2 rings (SSSR count). The predicted molar refractivity (Wildman–Crippen MR) is 56.1 cm³/mol. The van der Waals surface area contributed by atoms with E-state index in [0.717, 1.165) is 25.7 Å². The lowest BCUT2D eigenvalue weighted by Crippen LogP contribution is -2.65. The third kappa shape index (κ3) is 1.64. The van der Waals surface area contributed by atoms with Crippen LogP contribution in [0.1, 0.15) is 25.7 Å². The van der Waals surface area contributed by atoms with E-state index >= 15 is 0 Å². The molecule has 0 aromatic carbocycles. The Balaban J connectivity index is 2.20. The van der Waals surface area contributed by atoms with Crippen LogP contribution < -0.4 is 5.32 Å². The standard InChI is InChI=1S/C11H16N2O2/c1-2-7-13-8-9(14)12-11(10(13)15)5-3-4-6-11/h2H,1,3-8H2,(H,12,14). The lowest BCUT2D eigenvalue weighted by molar-refractivity contribution is -0.149. The molecule has 1 aliphatic heterocycles. The molecule has 4 nitrogen and oxygen atoms in total. The molecule has 0 bridgehead atoms. The summed E-state index contributed by atoms with van der Waals surface area (Å²) in [5.74, 6) is 0.0258. The Hall–Kier alpha value is -1.32. The first-order valence-electron chi connectivity index (χ1n) is 5.39. The second kappa shape index (κ2) is 3.68. The third-order valence-corrected chi connectivity index (χ3v) is 3.22. The van der Waals surface area contributed by atoms with Crippen LogP contribution in [0.15, 0.2) is 12.7 Å². The van der Waals surface area contributed by atoms with Gasteiger partial charge in [-0.05, 0) is 12.8 Å². The maximum Gasteiger partial charge on any atom is 0.249 e. The highest BCUT2D eigenvalue weighted by atomic mass is 16.2. The van der Waals surface area contributed by atoms with Gasteiger partial charge in [0.2, 0.25) is 11.8 Å². The van der Waals surface area contributed by atoms with Crippen molar-refractivity contribution in [1.29, 1.82) is 0 Å². The van der Waals surface area contributed by atoms with Gasteiger partial charge >= 0.3 is 0 Å². The van der Waals surface area contributed by atoms with E-state index in [-0.39, 0.29) is 18.4 Å². The van der Waals surface area contributed by atoms with E-state index in [1.165, 1.54) is 0 Å². The fourth-order valence-corrected chi connectivity index (χ4v) is 2.53. The maximum absolute atomic E-state index is 12.1. The van der Waals surface area contributed by atoms with Crippen LogP contribution in [-0.2, 0) is 9.59 Å². The van der Waals surface area contributed by atoms with Gasteiger partial charge in [0.25, 0.3) is 0 Å². The SMILES string of the molecule is C=CCN1CC(=O)NC2(CCCC2)C1=O. The molecule has 1 heterocycles. The van der Waals surface area contributed by atoms with Gasteiger partial charge in [0.1, 0.15) is 5.54 Å². The number of nitrogens with zero attached hydrogens (tertiary/aromatic N) is 1. The molecule has 0 aromatic heterocycles. The third-order valence-electron chi connectivity index (χ3n) is 3.22. The molecule has 2 aliphatic rings. The van der Waals surface area contributed by atoms with Crippen LogP contribution in [0.2, 0.25) is 0 Å². The minimum atomic E-state index is -0.585. The molecule has 0 aromatic rings. The van der Waals surface area contributed by atoms with Crippen LogP contribution >= 0.6 is 0 Å². The number of hydrogen-bond acceptors (Lipinski definition) is 2. The molecule has 0 atom stereocenters. The summed E-state index contributed by atoms with van der Waals surface area (Å²) in [6.45, 7) is 4.24. The summed E-state index contributed by atoms with van der Waals surface area (Å²) in [7, 11) is 0. The van der Waals surface area contributed by atoms with Crippen molar-refractivity contribution >= 4 is 11.8 Å². The van der Waals surface area contributed by atoms with Crippen molar-refractivity contribution in [2.24, 2.45) is 0 Å². The van der Waals surface area contributed by atoms with Crippen LogP contribution in [0, 0.1) is 0 Å². The number of rotatable bonds is 2. The molecule has 1 saturated heterocycles. The number of carbonyl (C=O) groups is 2. The molecule has 4 heteroatoms. The molecule has 1 aliphatic carbocycles. The van der Waals surface area contributed by atoms with Crippen LogP contribution in [0.4, 0.5) is 0 Å². The maximum atomic E-state index is 12.1. The van der Waals surface area contributed by atoms with E-state index in [1.54, 1.807) is 11.0 Å². The molecule has 0 radical (unpaired) electrons. The second-order valence-electron chi connectivity index (χ2n) is 4.31. The highest BCUT2D eigenvalue weighted by molar-refractivity contribution is 5.98. The van der Waals surface area contributed by atoms with Gasteiger partial charge in [-0.15, -0.1) is 6.58 Å². The zero-order chi connectivity index (χ0) is 10.9. The number of piperazine rings is 1. The largest absolute Gasteiger partial charge is 0.340 e. The average molecular weight is 208 g/mol. The van der Waals surface area contributed by atoms with Gasteiger partial charge in [-0.1, -0.05) is 18.9 Å².